The highest BCUT2D eigenvalue weighted by Gasteiger charge is 2.10. The second-order valence-corrected chi connectivity index (χ2v) is 6.97. The van der Waals surface area contributed by atoms with E-state index in [1.54, 1.807) is 30.3 Å². The zero-order valence-electron chi connectivity index (χ0n) is 16.5. The molecule has 0 aliphatic rings. The van der Waals surface area contributed by atoms with Crippen LogP contribution in [0.15, 0.2) is 83.9 Å². The lowest BCUT2D eigenvalue weighted by Gasteiger charge is -2.13. The SMILES string of the molecule is Cc1ccc(Oc2ccccc2NC(=O)CCn2cnc3ccccc3c2=O)cc1. The molecular formula is C24H21N3O3. The summed E-state index contributed by atoms with van der Waals surface area (Å²) in [4.78, 5) is 29.3. The van der Waals surface area contributed by atoms with Crippen molar-refractivity contribution in [2.24, 2.45) is 0 Å². The summed E-state index contributed by atoms with van der Waals surface area (Å²) in [5.41, 5.74) is 2.20. The molecule has 0 aliphatic carbocycles. The number of para-hydroxylation sites is 3. The van der Waals surface area contributed by atoms with E-state index in [0.717, 1.165) is 5.56 Å². The number of nitrogens with zero attached hydrogens (tertiary/aromatic N) is 2. The standard InChI is InChI=1S/C24H21N3O3/c1-17-10-12-18(13-11-17)30-22-9-5-4-8-21(22)26-23(28)14-15-27-16-25-20-7-3-2-6-19(20)24(27)29/h2-13,16H,14-15H2,1H3,(H,26,28). The van der Waals surface area contributed by atoms with Crippen LogP contribution in [0.25, 0.3) is 10.9 Å². The van der Waals surface area contributed by atoms with E-state index in [1.807, 2.05) is 49.4 Å². The number of hydrogen-bond acceptors (Lipinski definition) is 4. The van der Waals surface area contributed by atoms with E-state index in [1.165, 1.54) is 10.9 Å². The predicted molar refractivity (Wildman–Crippen MR) is 117 cm³/mol. The molecule has 0 spiro atoms. The smallest absolute Gasteiger partial charge is 0.261 e. The van der Waals surface area contributed by atoms with E-state index in [0.29, 0.717) is 28.1 Å². The molecule has 6 heteroatoms. The number of ether oxygens (including phenoxy) is 1. The van der Waals surface area contributed by atoms with Crippen LogP contribution in [0.1, 0.15) is 12.0 Å². The number of nitrogens with one attached hydrogen (secondary N) is 1. The lowest BCUT2D eigenvalue weighted by molar-refractivity contribution is -0.116. The Balaban J connectivity index is 1.44. The van der Waals surface area contributed by atoms with Crippen molar-refractivity contribution in [2.75, 3.05) is 5.32 Å². The Morgan fingerprint density at radius 2 is 1.73 bits per heavy atom. The van der Waals surface area contributed by atoms with Crippen molar-refractivity contribution in [1.29, 1.82) is 0 Å². The maximum Gasteiger partial charge on any atom is 0.261 e. The molecule has 150 valence electrons. The predicted octanol–water partition coefficient (Wildman–Crippen LogP) is 4.53. The normalized spacial score (nSPS) is 10.7. The molecule has 4 rings (SSSR count). The number of carbonyl (C=O) groups excluding carboxylic acids is 1. The van der Waals surface area contributed by atoms with Gasteiger partial charge in [-0.2, -0.15) is 0 Å². The number of fused-ring (bicyclic) bond motifs is 1. The lowest BCUT2D eigenvalue weighted by atomic mass is 10.2. The third-order valence-corrected chi connectivity index (χ3v) is 4.72. The van der Waals surface area contributed by atoms with Gasteiger partial charge < -0.3 is 10.1 Å². The molecule has 0 saturated carbocycles. The van der Waals surface area contributed by atoms with Gasteiger partial charge in [0.25, 0.3) is 5.56 Å². The highest BCUT2D eigenvalue weighted by atomic mass is 16.5. The minimum Gasteiger partial charge on any atom is -0.455 e. The molecule has 0 bridgehead atoms. The van der Waals surface area contributed by atoms with Crippen LogP contribution in [0, 0.1) is 6.92 Å². The summed E-state index contributed by atoms with van der Waals surface area (Å²) in [6.07, 6.45) is 1.62. The molecule has 1 heterocycles. The van der Waals surface area contributed by atoms with Crippen LogP contribution < -0.4 is 15.6 Å². The molecule has 0 saturated heterocycles. The number of aryl methyl sites for hydroxylation is 2. The van der Waals surface area contributed by atoms with Crippen molar-refractivity contribution in [3.05, 3.63) is 95.0 Å². The fourth-order valence-electron chi connectivity index (χ4n) is 3.09. The number of anilines is 1. The number of hydrogen-bond donors (Lipinski definition) is 1. The van der Waals surface area contributed by atoms with E-state index < -0.39 is 0 Å². The van der Waals surface area contributed by atoms with Crippen molar-refractivity contribution in [3.63, 3.8) is 0 Å². The average Bonchev–Trinajstić information content (AvgIpc) is 2.76. The molecule has 30 heavy (non-hydrogen) atoms. The van der Waals surface area contributed by atoms with Crippen molar-refractivity contribution < 1.29 is 9.53 Å². The molecule has 6 nitrogen and oxygen atoms in total. The highest BCUT2D eigenvalue weighted by molar-refractivity contribution is 5.92. The first-order valence-corrected chi connectivity index (χ1v) is 9.68. The monoisotopic (exact) mass is 399 g/mol. The van der Waals surface area contributed by atoms with Crippen LogP contribution in [-0.4, -0.2) is 15.5 Å². The summed E-state index contributed by atoms with van der Waals surface area (Å²) in [5, 5.41) is 3.41. The maximum absolute atomic E-state index is 12.6. The topological polar surface area (TPSA) is 73.2 Å². The van der Waals surface area contributed by atoms with Crippen molar-refractivity contribution in [3.8, 4) is 11.5 Å². The average molecular weight is 399 g/mol. The maximum atomic E-state index is 12.6. The Labute approximate surface area is 173 Å². The number of rotatable bonds is 6. The number of aromatic nitrogens is 2. The van der Waals surface area contributed by atoms with Crippen molar-refractivity contribution >= 4 is 22.5 Å². The molecular weight excluding hydrogens is 378 g/mol. The number of carbonyl (C=O) groups is 1. The summed E-state index contributed by atoms with van der Waals surface area (Å²) < 4.78 is 7.37. The molecule has 0 atom stereocenters. The Bertz CT molecular complexity index is 1250. The van der Waals surface area contributed by atoms with Gasteiger partial charge in [0.05, 0.1) is 22.9 Å². The molecule has 0 fully saturated rings. The lowest BCUT2D eigenvalue weighted by Crippen LogP contribution is -2.23. The van der Waals surface area contributed by atoms with Gasteiger partial charge in [0.2, 0.25) is 5.91 Å². The first-order chi connectivity index (χ1) is 14.6. The minimum absolute atomic E-state index is 0.138. The highest BCUT2D eigenvalue weighted by Crippen LogP contribution is 2.29. The van der Waals surface area contributed by atoms with Crippen LogP contribution in [0.3, 0.4) is 0 Å². The molecule has 0 aliphatic heterocycles. The summed E-state index contributed by atoms with van der Waals surface area (Å²) in [6.45, 7) is 2.25. The van der Waals surface area contributed by atoms with Crippen LogP contribution in [0.5, 0.6) is 11.5 Å². The summed E-state index contributed by atoms with van der Waals surface area (Å²) in [6, 6.07) is 22.1. The van der Waals surface area contributed by atoms with Gasteiger partial charge in [-0.25, -0.2) is 4.98 Å². The van der Waals surface area contributed by atoms with Crippen LogP contribution >= 0.6 is 0 Å². The summed E-state index contributed by atoms with van der Waals surface area (Å²) >= 11 is 0. The number of amides is 1. The summed E-state index contributed by atoms with van der Waals surface area (Å²) in [7, 11) is 0. The van der Waals surface area contributed by atoms with Gasteiger partial charge in [-0.3, -0.25) is 14.2 Å². The van der Waals surface area contributed by atoms with Gasteiger partial charge in [-0.1, -0.05) is 42.0 Å². The van der Waals surface area contributed by atoms with Gasteiger partial charge in [0, 0.05) is 13.0 Å². The second-order valence-electron chi connectivity index (χ2n) is 6.97. The first kappa shape index (κ1) is 19.4. The Hall–Kier alpha value is -3.93. The first-order valence-electron chi connectivity index (χ1n) is 9.68. The van der Waals surface area contributed by atoms with Gasteiger partial charge in [-0.15, -0.1) is 0 Å². The molecule has 0 radical (unpaired) electrons. The molecule has 0 unspecified atom stereocenters. The second kappa shape index (κ2) is 8.61. The van der Waals surface area contributed by atoms with E-state index in [4.69, 9.17) is 4.74 Å². The zero-order chi connectivity index (χ0) is 20.9. The van der Waals surface area contributed by atoms with Gasteiger partial charge in [0.1, 0.15) is 5.75 Å². The molecule has 1 amide bonds. The zero-order valence-corrected chi connectivity index (χ0v) is 16.5. The van der Waals surface area contributed by atoms with Crippen molar-refractivity contribution in [1.82, 2.24) is 9.55 Å². The Kier molecular flexibility index (Phi) is 5.57. The fraction of sp³-hybridized carbons (Fsp3) is 0.125. The van der Waals surface area contributed by atoms with E-state index >= 15 is 0 Å². The van der Waals surface area contributed by atoms with E-state index in [2.05, 4.69) is 10.3 Å². The minimum atomic E-state index is -0.213. The van der Waals surface area contributed by atoms with Gasteiger partial charge in [-0.05, 0) is 43.3 Å². The largest absolute Gasteiger partial charge is 0.455 e. The van der Waals surface area contributed by atoms with Crippen LogP contribution in [-0.2, 0) is 11.3 Å². The Morgan fingerprint density at radius 1 is 1.00 bits per heavy atom. The third-order valence-electron chi connectivity index (χ3n) is 4.72. The molecule has 3 aromatic carbocycles. The van der Waals surface area contributed by atoms with Crippen molar-refractivity contribution in [2.45, 2.75) is 19.9 Å². The van der Waals surface area contributed by atoms with Crippen LogP contribution in [0.2, 0.25) is 0 Å². The summed E-state index contributed by atoms with van der Waals surface area (Å²) in [5.74, 6) is 1.03. The molecule has 1 N–H and O–H groups in total. The molecule has 1 aromatic heterocycles. The third kappa shape index (κ3) is 4.38. The fourth-order valence-corrected chi connectivity index (χ4v) is 3.09. The van der Waals surface area contributed by atoms with Crippen LogP contribution in [0.4, 0.5) is 5.69 Å². The van der Waals surface area contributed by atoms with Gasteiger partial charge in [0.15, 0.2) is 5.75 Å². The van der Waals surface area contributed by atoms with E-state index in [9.17, 15) is 9.59 Å². The Morgan fingerprint density at radius 3 is 2.57 bits per heavy atom. The quantitative estimate of drug-likeness (QED) is 0.517. The van der Waals surface area contributed by atoms with Gasteiger partial charge >= 0.3 is 0 Å². The molecule has 4 aromatic rings. The number of benzene rings is 3. The van der Waals surface area contributed by atoms with E-state index in [-0.39, 0.29) is 24.4 Å².